The molecule has 2 fully saturated rings. The zero-order valence-electron chi connectivity index (χ0n) is 16.7. The highest BCUT2D eigenvalue weighted by Crippen LogP contribution is 2.35. The van der Waals surface area contributed by atoms with Crippen molar-refractivity contribution in [3.63, 3.8) is 0 Å². The number of likely N-dealkylation sites (tertiary alicyclic amines) is 1. The number of carboxylic acid groups (broad SMARTS) is 1. The number of fused-ring (bicyclic) bond motifs is 1. The van der Waals surface area contributed by atoms with Crippen LogP contribution in [0.4, 0.5) is 4.79 Å². The van der Waals surface area contributed by atoms with Gasteiger partial charge in [-0.25, -0.2) is 17.9 Å². The molecule has 3 aliphatic rings. The van der Waals surface area contributed by atoms with Gasteiger partial charge in [0.1, 0.15) is 10.5 Å². The molecule has 0 radical (unpaired) electrons. The first-order chi connectivity index (χ1) is 14.4. The third-order valence-corrected chi connectivity index (χ3v) is 7.47. The van der Waals surface area contributed by atoms with Crippen LogP contribution in [-0.2, 0) is 14.8 Å². The molecule has 2 N–H and O–H groups in total. The second-order valence-electron chi connectivity index (χ2n) is 8.02. The van der Waals surface area contributed by atoms with Crippen LogP contribution in [0.2, 0.25) is 0 Å². The summed E-state index contributed by atoms with van der Waals surface area (Å²) in [5, 5.41) is 9.02. The van der Waals surface area contributed by atoms with Gasteiger partial charge in [-0.15, -0.1) is 0 Å². The van der Waals surface area contributed by atoms with Crippen molar-refractivity contribution in [2.45, 2.75) is 42.6 Å². The summed E-state index contributed by atoms with van der Waals surface area (Å²) in [6.45, 7) is 2.71. The van der Waals surface area contributed by atoms with E-state index in [2.05, 4.69) is 9.71 Å². The number of rotatable bonds is 4. The van der Waals surface area contributed by atoms with Gasteiger partial charge in [0.15, 0.2) is 0 Å². The fourth-order valence-electron chi connectivity index (χ4n) is 4.08. The molecule has 1 amide bonds. The third-order valence-electron chi connectivity index (χ3n) is 6.05. The van der Waals surface area contributed by atoms with Gasteiger partial charge in [-0.3, -0.25) is 0 Å². The van der Waals surface area contributed by atoms with Gasteiger partial charge >= 0.3 is 6.09 Å². The van der Waals surface area contributed by atoms with Crippen molar-refractivity contribution in [1.29, 1.82) is 0 Å². The normalized spacial score (nSPS) is 23.3. The Morgan fingerprint density at radius 2 is 2.03 bits per heavy atom. The van der Waals surface area contributed by atoms with Gasteiger partial charge in [-0.2, -0.15) is 4.98 Å². The summed E-state index contributed by atoms with van der Waals surface area (Å²) < 4.78 is 45.1. The van der Waals surface area contributed by atoms with E-state index in [0.717, 1.165) is 19.3 Å². The van der Waals surface area contributed by atoms with E-state index in [1.54, 1.807) is 0 Å². The van der Waals surface area contributed by atoms with Crippen LogP contribution in [0.1, 0.15) is 32.1 Å². The van der Waals surface area contributed by atoms with Gasteiger partial charge in [-0.1, -0.05) is 0 Å². The van der Waals surface area contributed by atoms with Crippen LogP contribution >= 0.6 is 0 Å². The first-order valence-corrected chi connectivity index (χ1v) is 11.7. The van der Waals surface area contributed by atoms with Gasteiger partial charge in [0.05, 0.1) is 26.4 Å². The highest BCUT2D eigenvalue weighted by atomic mass is 32.2. The number of piperidine rings is 1. The van der Waals surface area contributed by atoms with Crippen molar-refractivity contribution in [2.24, 2.45) is 5.92 Å². The Labute approximate surface area is 175 Å². The van der Waals surface area contributed by atoms with Crippen molar-refractivity contribution in [3.8, 4) is 11.8 Å². The maximum atomic E-state index is 12.6. The highest BCUT2D eigenvalue weighted by Gasteiger charge is 2.41. The fraction of sp³-hybridized carbons (Fsp3) is 0.684. The monoisotopic (exact) mass is 441 g/mol. The average Bonchev–Trinajstić information content (AvgIpc) is 2.83. The van der Waals surface area contributed by atoms with Crippen molar-refractivity contribution < 1.29 is 32.5 Å². The number of nitrogens with one attached hydrogen (secondary N) is 1. The Morgan fingerprint density at radius 1 is 1.30 bits per heavy atom. The second kappa shape index (κ2) is 8.56. The van der Waals surface area contributed by atoms with E-state index >= 15 is 0 Å². The zero-order chi connectivity index (χ0) is 21.2. The van der Waals surface area contributed by atoms with Gasteiger partial charge in [0.2, 0.25) is 21.8 Å². The topological polar surface area (TPSA) is 127 Å². The summed E-state index contributed by atoms with van der Waals surface area (Å²) in [7, 11) is -3.71. The number of pyridine rings is 1. The van der Waals surface area contributed by atoms with Gasteiger partial charge in [0.25, 0.3) is 0 Å². The second-order valence-corrected chi connectivity index (χ2v) is 9.76. The average molecular weight is 442 g/mol. The first-order valence-electron chi connectivity index (χ1n) is 10.3. The van der Waals surface area contributed by atoms with E-state index in [9.17, 15) is 13.2 Å². The first kappa shape index (κ1) is 21.1. The molecule has 1 spiro atoms. The molecule has 0 aromatic carbocycles. The van der Waals surface area contributed by atoms with Crippen LogP contribution < -0.4 is 14.2 Å². The van der Waals surface area contributed by atoms with Crippen molar-refractivity contribution >= 4 is 16.1 Å². The third kappa shape index (κ3) is 4.62. The van der Waals surface area contributed by atoms with E-state index in [1.807, 2.05) is 0 Å². The molecule has 11 heteroatoms. The van der Waals surface area contributed by atoms with Crippen LogP contribution in [0.15, 0.2) is 17.0 Å². The molecule has 166 valence electrons. The molecule has 10 nitrogen and oxygen atoms in total. The molecule has 0 saturated carbocycles. The number of ether oxygens (including phenoxy) is 3. The summed E-state index contributed by atoms with van der Waals surface area (Å²) in [4.78, 5) is 16.8. The van der Waals surface area contributed by atoms with E-state index in [4.69, 9.17) is 19.3 Å². The van der Waals surface area contributed by atoms with Crippen LogP contribution in [0.5, 0.6) is 11.8 Å². The summed E-state index contributed by atoms with van der Waals surface area (Å²) in [5.74, 6) is 0.776. The Balaban J connectivity index is 1.40. The van der Waals surface area contributed by atoms with E-state index in [0.29, 0.717) is 57.5 Å². The van der Waals surface area contributed by atoms with Crippen molar-refractivity contribution in [1.82, 2.24) is 14.6 Å². The highest BCUT2D eigenvalue weighted by molar-refractivity contribution is 7.89. The predicted molar refractivity (Wildman–Crippen MR) is 105 cm³/mol. The molecule has 4 rings (SSSR count). The number of amides is 1. The number of hydrogen-bond donors (Lipinski definition) is 2. The largest absolute Gasteiger partial charge is 0.478 e. The predicted octanol–water partition coefficient (Wildman–Crippen LogP) is 1.46. The molecule has 30 heavy (non-hydrogen) atoms. The summed E-state index contributed by atoms with van der Waals surface area (Å²) in [6, 6.07) is 3.00. The summed E-state index contributed by atoms with van der Waals surface area (Å²) in [5.41, 5.74) is -0.666. The number of hydrogen-bond acceptors (Lipinski definition) is 7. The SMILES string of the molecule is O=C(O)N1CCC(CCOc2ccc3c(n2)OC2(CCOCC2)CNS3(=O)=O)CC1. The minimum atomic E-state index is -3.71. The fourth-order valence-corrected chi connectivity index (χ4v) is 5.25. The van der Waals surface area contributed by atoms with Crippen LogP contribution in [-0.4, -0.2) is 74.6 Å². The number of sulfonamides is 1. The number of nitrogens with zero attached hydrogens (tertiary/aromatic N) is 2. The van der Waals surface area contributed by atoms with E-state index in [-0.39, 0.29) is 17.3 Å². The van der Waals surface area contributed by atoms with Gasteiger partial charge < -0.3 is 24.2 Å². The Hall–Kier alpha value is -2.11. The number of aromatic nitrogens is 1. The van der Waals surface area contributed by atoms with Crippen LogP contribution in [0.3, 0.4) is 0 Å². The molecule has 0 unspecified atom stereocenters. The molecule has 0 aliphatic carbocycles. The zero-order valence-corrected chi connectivity index (χ0v) is 17.5. The van der Waals surface area contributed by atoms with Gasteiger partial charge in [0, 0.05) is 32.0 Å². The molecule has 1 aromatic rings. The Bertz CT molecular complexity index is 878. The summed E-state index contributed by atoms with van der Waals surface area (Å²) in [6.07, 6.45) is 2.70. The molecular formula is C19H27N3O7S. The van der Waals surface area contributed by atoms with Gasteiger partial charge in [-0.05, 0) is 31.2 Å². The lowest BCUT2D eigenvalue weighted by Crippen LogP contribution is -2.49. The Morgan fingerprint density at radius 3 is 2.73 bits per heavy atom. The number of carbonyl (C=O) groups is 1. The van der Waals surface area contributed by atoms with E-state index in [1.165, 1.54) is 17.0 Å². The lowest BCUT2D eigenvalue weighted by molar-refractivity contribution is -0.0445. The smallest absolute Gasteiger partial charge is 0.407 e. The molecule has 0 atom stereocenters. The molecule has 3 aliphatic heterocycles. The lowest BCUT2D eigenvalue weighted by Gasteiger charge is -2.35. The molecule has 0 bridgehead atoms. The van der Waals surface area contributed by atoms with Crippen molar-refractivity contribution in [3.05, 3.63) is 12.1 Å². The Kier molecular flexibility index (Phi) is 6.03. The molecule has 1 aromatic heterocycles. The molecule has 4 heterocycles. The minimum absolute atomic E-state index is 0.0132. The maximum absolute atomic E-state index is 12.6. The molecule has 2 saturated heterocycles. The lowest BCUT2D eigenvalue weighted by atomic mass is 9.94. The maximum Gasteiger partial charge on any atom is 0.407 e. The van der Waals surface area contributed by atoms with Crippen LogP contribution in [0, 0.1) is 5.92 Å². The van der Waals surface area contributed by atoms with Crippen LogP contribution in [0.25, 0.3) is 0 Å². The van der Waals surface area contributed by atoms with E-state index < -0.39 is 21.7 Å². The quantitative estimate of drug-likeness (QED) is 0.719. The molecular weight excluding hydrogens is 414 g/mol. The van der Waals surface area contributed by atoms with Crippen molar-refractivity contribution in [2.75, 3.05) is 39.5 Å². The standard InChI is InChI=1S/C19H27N3O7S/c23-18(24)22-8-3-14(4-9-22)5-10-28-16-2-1-15-17(21-16)29-19(6-11-27-12-7-19)13-20-30(15,25)26/h1-2,14,20H,3-13H2,(H,23,24). The minimum Gasteiger partial charge on any atom is -0.478 e. The summed E-state index contributed by atoms with van der Waals surface area (Å²) >= 11 is 0.